The Morgan fingerprint density at radius 3 is 2.84 bits per heavy atom. The molecule has 2 rings (SSSR count). The van der Waals surface area contributed by atoms with E-state index in [4.69, 9.17) is 9.47 Å². The summed E-state index contributed by atoms with van der Waals surface area (Å²) in [6.07, 6.45) is 3.64. The van der Waals surface area contributed by atoms with Gasteiger partial charge in [-0.15, -0.1) is 0 Å². The minimum Gasteiger partial charge on any atom is -0.497 e. The molecule has 0 spiro atoms. The van der Waals surface area contributed by atoms with Gasteiger partial charge in [-0.05, 0) is 30.2 Å². The van der Waals surface area contributed by atoms with Crippen LogP contribution in [0.4, 0.5) is 0 Å². The van der Waals surface area contributed by atoms with Crippen LogP contribution < -0.4 is 14.8 Å². The van der Waals surface area contributed by atoms with E-state index in [1.165, 1.54) is 0 Å². The van der Waals surface area contributed by atoms with Crippen molar-refractivity contribution in [2.75, 3.05) is 27.3 Å². The van der Waals surface area contributed by atoms with Gasteiger partial charge in [0.15, 0.2) is 0 Å². The number of methoxy groups -OCH3 is 2. The molecule has 0 saturated heterocycles. The molecule has 1 aliphatic heterocycles. The first-order valence-electron chi connectivity index (χ1n) is 6.35. The van der Waals surface area contributed by atoms with E-state index in [0.29, 0.717) is 5.96 Å². The highest BCUT2D eigenvalue weighted by atomic mass is 16.5. The van der Waals surface area contributed by atoms with Crippen LogP contribution in [0.3, 0.4) is 0 Å². The molecule has 102 valence electrons. The number of guanidine groups is 1. The Labute approximate surface area is 113 Å². The normalized spacial score (nSPS) is 13.9. The number of ether oxygens (including phenoxy) is 2. The minimum atomic E-state index is 0.716. The predicted octanol–water partition coefficient (Wildman–Crippen LogP) is 1.67. The Hall–Kier alpha value is -2.04. The zero-order valence-electron chi connectivity index (χ0n) is 11.3. The van der Waals surface area contributed by atoms with Gasteiger partial charge in [0.2, 0.25) is 5.96 Å². The van der Waals surface area contributed by atoms with Crippen molar-refractivity contribution in [2.24, 2.45) is 9.98 Å². The van der Waals surface area contributed by atoms with Gasteiger partial charge < -0.3 is 14.8 Å². The molecule has 0 unspecified atom stereocenters. The molecule has 1 N–H and O–H groups in total. The molecule has 0 aromatic heterocycles. The van der Waals surface area contributed by atoms with Gasteiger partial charge in [0.25, 0.3) is 0 Å². The Kier molecular flexibility index (Phi) is 4.78. The fraction of sp³-hybridized carbons (Fsp3) is 0.429. The fourth-order valence-electron chi connectivity index (χ4n) is 1.91. The lowest BCUT2D eigenvalue weighted by Gasteiger charge is -2.12. The zero-order valence-corrected chi connectivity index (χ0v) is 11.3. The van der Waals surface area contributed by atoms with Crippen LogP contribution in [0.15, 0.2) is 28.2 Å². The first kappa shape index (κ1) is 13.4. The van der Waals surface area contributed by atoms with E-state index in [9.17, 15) is 0 Å². The number of benzene rings is 1. The molecular formula is C14H19N3O2. The summed E-state index contributed by atoms with van der Waals surface area (Å²) in [7, 11) is 3.34. The van der Waals surface area contributed by atoms with E-state index in [1.807, 2.05) is 24.4 Å². The molecule has 0 amide bonds. The minimum absolute atomic E-state index is 0.716. The van der Waals surface area contributed by atoms with E-state index < -0.39 is 0 Å². The first-order valence-corrected chi connectivity index (χ1v) is 6.35. The summed E-state index contributed by atoms with van der Waals surface area (Å²) >= 11 is 0. The van der Waals surface area contributed by atoms with Crippen molar-refractivity contribution in [2.45, 2.75) is 12.8 Å². The van der Waals surface area contributed by atoms with Crippen molar-refractivity contribution >= 4 is 12.2 Å². The lowest BCUT2D eigenvalue weighted by atomic mass is 10.1. The second-order valence-electron chi connectivity index (χ2n) is 4.16. The zero-order chi connectivity index (χ0) is 13.5. The van der Waals surface area contributed by atoms with Gasteiger partial charge in [0.05, 0.1) is 14.2 Å². The van der Waals surface area contributed by atoms with Crippen molar-refractivity contribution < 1.29 is 9.47 Å². The first-order chi connectivity index (χ1) is 9.33. The third-order valence-corrected chi connectivity index (χ3v) is 2.90. The second-order valence-corrected chi connectivity index (χ2v) is 4.16. The lowest BCUT2D eigenvalue weighted by molar-refractivity contribution is 0.398. The number of rotatable bonds is 5. The molecule has 0 saturated carbocycles. The predicted molar refractivity (Wildman–Crippen MR) is 76.7 cm³/mol. The summed E-state index contributed by atoms with van der Waals surface area (Å²) in [4.78, 5) is 8.48. The van der Waals surface area contributed by atoms with Crippen LogP contribution in [0.2, 0.25) is 0 Å². The van der Waals surface area contributed by atoms with Gasteiger partial charge in [-0.1, -0.05) is 0 Å². The standard InChI is InChI=1S/C14H19N3O2/c1-18-12-4-5-13(19-2)11(10-12)6-9-17-14-15-7-3-8-16-14/h4-5,7,10H,3,6,8-9H2,1-2H3,(H,16,17). The van der Waals surface area contributed by atoms with Crippen LogP contribution in [0.5, 0.6) is 11.5 Å². The van der Waals surface area contributed by atoms with Gasteiger partial charge in [0.1, 0.15) is 11.5 Å². The quantitative estimate of drug-likeness (QED) is 0.877. The summed E-state index contributed by atoms with van der Waals surface area (Å²) < 4.78 is 10.6. The number of nitrogens with one attached hydrogen (secondary N) is 1. The van der Waals surface area contributed by atoms with Gasteiger partial charge >= 0.3 is 0 Å². The highest BCUT2D eigenvalue weighted by molar-refractivity contribution is 5.89. The Morgan fingerprint density at radius 1 is 1.26 bits per heavy atom. The number of hydrogen-bond acceptors (Lipinski definition) is 5. The van der Waals surface area contributed by atoms with Crippen LogP contribution in [0, 0.1) is 0 Å². The van der Waals surface area contributed by atoms with Crippen molar-refractivity contribution in [1.29, 1.82) is 0 Å². The van der Waals surface area contributed by atoms with Crippen LogP contribution in [-0.2, 0) is 6.42 Å². The molecule has 1 heterocycles. The Morgan fingerprint density at radius 2 is 2.16 bits per heavy atom. The summed E-state index contributed by atoms with van der Waals surface area (Å²) in [6.45, 7) is 1.58. The maximum absolute atomic E-state index is 5.34. The smallest absolute Gasteiger partial charge is 0.217 e. The number of nitrogens with zero attached hydrogens (tertiary/aromatic N) is 2. The summed E-state index contributed by atoms with van der Waals surface area (Å²) in [6, 6.07) is 5.81. The van der Waals surface area contributed by atoms with Gasteiger partial charge in [-0.25, -0.2) is 4.99 Å². The van der Waals surface area contributed by atoms with Crippen LogP contribution in [0.25, 0.3) is 0 Å². The monoisotopic (exact) mass is 261 g/mol. The molecule has 1 aliphatic rings. The maximum Gasteiger partial charge on any atom is 0.217 e. The third kappa shape index (κ3) is 3.71. The lowest BCUT2D eigenvalue weighted by Crippen LogP contribution is -2.26. The highest BCUT2D eigenvalue weighted by Gasteiger charge is 2.06. The van der Waals surface area contributed by atoms with E-state index in [-0.39, 0.29) is 0 Å². The Balaban J connectivity index is 1.94. The Bertz CT molecular complexity index is 484. The molecule has 5 nitrogen and oxygen atoms in total. The van der Waals surface area contributed by atoms with Crippen molar-refractivity contribution in [3.8, 4) is 11.5 Å². The van der Waals surface area contributed by atoms with Crippen molar-refractivity contribution in [3.05, 3.63) is 23.8 Å². The van der Waals surface area contributed by atoms with Gasteiger partial charge in [0, 0.05) is 25.7 Å². The van der Waals surface area contributed by atoms with Crippen LogP contribution in [0.1, 0.15) is 12.0 Å². The largest absolute Gasteiger partial charge is 0.497 e. The average Bonchev–Trinajstić information content (AvgIpc) is 2.48. The number of aliphatic imine (C=N–C) groups is 2. The molecule has 0 bridgehead atoms. The molecule has 1 aromatic rings. The summed E-state index contributed by atoms with van der Waals surface area (Å²) in [5.74, 6) is 2.42. The van der Waals surface area contributed by atoms with Crippen molar-refractivity contribution in [1.82, 2.24) is 5.32 Å². The van der Waals surface area contributed by atoms with E-state index in [1.54, 1.807) is 14.2 Å². The third-order valence-electron chi connectivity index (χ3n) is 2.90. The van der Waals surface area contributed by atoms with Crippen LogP contribution >= 0.6 is 0 Å². The van der Waals surface area contributed by atoms with Crippen LogP contribution in [-0.4, -0.2) is 39.5 Å². The second kappa shape index (κ2) is 6.78. The maximum atomic E-state index is 5.34. The highest BCUT2D eigenvalue weighted by Crippen LogP contribution is 2.24. The molecule has 0 atom stereocenters. The molecule has 0 fully saturated rings. The SMILES string of the molecule is COc1ccc(OC)c(CCNC2=NCCC=N2)c1. The molecular weight excluding hydrogens is 242 g/mol. The van der Waals surface area contributed by atoms with E-state index in [0.717, 1.165) is 43.0 Å². The number of hydrogen-bond donors (Lipinski definition) is 1. The molecule has 0 radical (unpaired) electrons. The topological polar surface area (TPSA) is 55.2 Å². The molecule has 19 heavy (non-hydrogen) atoms. The summed E-state index contributed by atoms with van der Waals surface area (Å²) in [5.41, 5.74) is 1.11. The molecule has 1 aromatic carbocycles. The van der Waals surface area contributed by atoms with Gasteiger partial charge in [-0.2, -0.15) is 0 Å². The van der Waals surface area contributed by atoms with Crippen molar-refractivity contribution in [3.63, 3.8) is 0 Å². The molecule has 0 aliphatic carbocycles. The summed E-state index contributed by atoms with van der Waals surface area (Å²) in [5, 5.41) is 3.21. The molecule has 5 heteroatoms. The van der Waals surface area contributed by atoms with E-state index >= 15 is 0 Å². The average molecular weight is 261 g/mol. The van der Waals surface area contributed by atoms with E-state index in [2.05, 4.69) is 15.3 Å². The van der Waals surface area contributed by atoms with Gasteiger partial charge in [-0.3, -0.25) is 4.99 Å². The fourth-order valence-corrected chi connectivity index (χ4v) is 1.91.